The summed E-state index contributed by atoms with van der Waals surface area (Å²) >= 11 is 0. The topological polar surface area (TPSA) is 97.0 Å². The summed E-state index contributed by atoms with van der Waals surface area (Å²) in [6, 6.07) is 15.8. The second-order valence-corrected chi connectivity index (χ2v) is 11.5. The molecule has 0 unspecified atom stereocenters. The van der Waals surface area contributed by atoms with Crippen molar-refractivity contribution in [3.8, 4) is 11.5 Å². The number of rotatable bonds is 8. The van der Waals surface area contributed by atoms with Crippen molar-refractivity contribution in [3.63, 3.8) is 0 Å². The van der Waals surface area contributed by atoms with Gasteiger partial charge in [0.15, 0.2) is 0 Å². The Balaban J connectivity index is 1.21. The Morgan fingerprint density at radius 3 is 2.42 bits per heavy atom. The molecule has 8 nitrogen and oxygen atoms in total. The van der Waals surface area contributed by atoms with Gasteiger partial charge in [-0.2, -0.15) is 0 Å². The molecule has 4 aliphatic rings. The molecule has 2 bridgehead atoms. The number of nitrogens with zero attached hydrogens (tertiary/aromatic N) is 1. The van der Waals surface area contributed by atoms with Gasteiger partial charge in [-0.3, -0.25) is 14.4 Å². The normalized spacial score (nSPS) is 29.8. The number of nitrogens with one attached hydrogen (secondary N) is 2. The maximum Gasteiger partial charge on any atom is 0.246 e. The number of hydrogen-bond donors (Lipinski definition) is 2. The van der Waals surface area contributed by atoms with Gasteiger partial charge in [0.1, 0.15) is 23.1 Å². The monoisotopic (exact) mass is 543 g/mol. The number of ether oxygens (including phenoxy) is 2. The van der Waals surface area contributed by atoms with Gasteiger partial charge in [0.05, 0.1) is 17.9 Å². The number of para-hydroxylation sites is 1. The van der Waals surface area contributed by atoms with Gasteiger partial charge in [-0.1, -0.05) is 56.5 Å². The van der Waals surface area contributed by atoms with Crippen LogP contribution in [0.4, 0.5) is 5.69 Å². The van der Waals surface area contributed by atoms with Crippen LogP contribution in [-0.4, -0.2) is 52.5 Å². The van der Waals surface area contributed by atoms with Crippen LogP contribution in [-0.2, 0) is 19.1 Å². The average molecular weight is 544 g/mol. The molecule has 3 fully saturated rings. The Hall–Kier alpha value is -3.65. The van der Waals surface area contributed by atoms with E-state index in [0.717, 1.165) is 31.4 Å². The first-order chi connectivity index (χ1) is 19.4. The Morgan fingerprint density at radius 2 is 1.73 bits per heavy atom. The number of fused-ring (bicyclic) bond motifs is 1. The fourth-order valence-corrected chi connectivity index (χ4v) is 6.86. The molecule has 2 aromatic carbocycles. The number of benzene rings is 2. The molecule has 6 atom stereocenters. The van der Waals surface area contributed by atoms with E-state index < -0.39 is 29.6 Å². The van der Waals surface area contributed by atoms with Gasteiger partial charge in [-0.15, -0.1) is 0 Å². The highest BCUT2D eigenvalue weighted by atomic mass is 16.5. The third-order valence-corrected chi connectivity index (χ3v) is 8.98. The molecule has 0 aromatic heterocycles. The van der Waals surface area contributed by atoms with Gasteiger partial charge in [-0.05, 0) is 62.6 Å². The highest BCUT2D eigenvalue weighted by Gasteiger charge is 2.73. The van der Waals surface area contributed by atoms with Crippen LogP contribution in [0, 0.1) is 11.8 Å². The van der Waals surface area contributed by atoms with Gasteiger partial charge < -0.3 is 25.0 Å². The van der Waals surface area contributed by atoms with E-state index in [-0.39, 0.29) is 29.8 Å². The van der Waals surface area contributed by atoms with E-state index in [1.807, 2.05) is 56.3 Å². The van der Waals surface area contributed by atoms with E-state index in [9.17, 15) is 14.4 Å². The Bertz CT molecular complexity index is 1290. The molecule has 2 N–H and O–H groups in total. The number of hydrogen-bond acceptors (Lipinski definition) is 5. The van der Waals surface area contributed by atoms with Crippen molar-refractivity contribution in [2.24, 2.45) is 11.8 Å². The zero-order valence-electron chi connectivity index (χ0n) is 23.0. The van der Waals surface area contributed by atoms with Gasteiger partial charge in [-0.25, -0.2) is 0 Å². The summed E-state index contributed by atoms with van der Waals surface area (Å²) in [6.45, 7) is 3.96. The standard InChI is InChI=1S/C32H37N3O5/c1-3-20(2)35-28(30(37)34-21-10-6-4-7-11-21)32-19-18-25(40-32)26(27(32)31(35)38)29(36)33-22-14-16-24(17-15-22)39-23-12-8-5-9-13-23/h5,8-9,12-21,25-28H,3-4,6-7,10-11H2,1-2H3,(H,33,36)(H,34,37)/t20-,25-,26-,27-,28+,32-/m0/s1. The van der Waals surface area contributed by atoms with Crippen LogP contribution in [0.1, 0.15) is 52.4 Å². The largest absolute Gasteiger partial charge is 0.457 e. The summed E-state index contributed by atoms with van der Waals surface area (Å²) in [5, 5.41) is 6.21. The summed E-state index contributed by atoms with van der Waals surface area (Å²) in [6.07, 6.45) is 9.14. The maximum atomic E-state index is 14.0. The smallest absolute Gasteiger partial charge is 0.246 e. The quantitative estimate of drug-likeness (QED) is 0.466. The van der Waals surface area contributed by atoms with E-state index in [2.05, 4.69) is 10.6 Å². The van der Waals surface area contributed by atoms with Crippen LogP contribution in [0.2, 0.25) is 0 Å². The summed E-state index contributed by atoms with van der Waals surface area (Å²) in [4.78, 5) is 43.2. The third-order valence-electron chi connectivity index (χ3n) is 8.98. The van der Waals surface area contributed by atoms with Crippen molar-refractivity contribution in [1.29, 1.82) is 0 Å². The lowest BCUT2D eigenvalue weighted by Crippen LogP contribution is -2.58. The lowest BCUT2D eigenvalue weighted by molar-refractivity contribution is -0.143. The van der Waals surface area contributed by atoms with Crippen LogP contribution >= 0.6 is 0 Å². The minimum Gasteiger partial charge on any atom is -0.457 e. The number of amides is 3. The van der Waals surface area contributed by atoms with Crippen LogP contribution in [0.15, 0.2) is 66.7 Å². The summed E-state index contributed by atoms with van der Waals surface area (Å²) in [5.74, 6) is -0.750. The Kier molecular flexibility index (Phi) is 7.13. The minimum absolute atomic E-state index is 0.112. The van der Waals surface area contributed by atoms with Gasteiger partial charge in [0, 0.05) is 17.8 Å². The molecule has 3 heterocycles. The van der Waals surface area contributed by atoms with Crippen LogP contribution in [0.25, 0.3) is 0 Å². The molecule has 1 saturated carbocycles. The number of anilines is 1. The van der Waals surface area contributed by atoms with E-state index in [1.165, 1.54) is 6.42 Å². The molecule has 1 aliphatic carbocycles. The van der Waals surface area contributed by atoms with Crippen molar-refractivity contribution >= 4 is 23.4 Å². The number of carbonyl (C=O) groups is 3. The first kappa shape index (κ1) is 26.6. The van der Waals surface area contributed by atoms with Gasteiger partial charge in [0.25, 0.3) is 0 Å². The third kappa shape index (κ3) is 4.58. The first-order valence-electron chi connectivity index (χ1n) is 14.5. The second-order valence-electron chi connectivity index (χ2n) is 11.5. The molecule has 210 valence electrons. The number of likely N-dealkylation sites (tertiary alicyclic amines) is 1. The van der Waals surface area contributed by atoms with E-state index in [1.54, 1.807) is 29.2 Å². The van der Waals surface area contributed by atoms with Crippen molar-refractivity contribution in [3.05, 3.63) is 66.7 Å². The molecule has 2 saturated heterocycles. The zero-order valence-corrected chi connectivity index (χ0v) is 23.0. The minimum atomic E-state index is -1.14. The van der Waals surface area contributed by atoms with Crippen molar-refractivity contribution < 1.29 is 23.9 Å². The fraction of sp³-hybridized carbons (Fsp3) is 0.469. The van der Waals surface area contributed by atoms with Crippen LogP contribution < -0.4 is 15.4 Å². The average Bonchev–Trinajstić information content (AvgIpc) is 3.62. The molecule has 3 amide bonds. The van der Waals surface area contributed by atoms with E-state index in [4.69, 9.17) is 9.47 Å². The molecule has 3 aliphatic heterocycles. The molecular weight excluding hydrogens is 506 g/mol. The van der Waals surface area contributed by atoms with E-state index >= 15 is 0 Å². The Morgan fingerprint density at radius 1 is 1.02 bits per heavy atom. The van der Waals surface area contributed by atoms with Gasteiger partial charge in [0.2, 0.25) is 17.7 Å². The molecule has 0 radical (unpaired) electrons. The molecule has 6 rings (SSSR count). The Labute approximate surface area is 235 Å². The van der Waals surface area contributed by atoms with E-state index in [0.29, 0.717) is 17.9 Å². The predicted octanol–water partition coefficient (Wildman–Crippen LogP) is 4.82. The first-order valence-corrected chi connectivity index (χ1v) is 14.5. The molecule has 2 aromatic rings. The molecule has 1 spiro atoms. The zero-order chi connectivity index (χ0) is 27.9. The van der Waals surface area contributed by atoms with Gasteiger partial charge >= 0.3 is 0 Å². The maximum absolute atomic E-state index is 14.0. The highest BCUT2D eigenvalue weighted by Crippen LogP contribution is 2.55. The van der Waals surface area contributed by atoms with Crippen molar-refractivity contribution in [2.45, 2.75) is 82.2 Å². The SMILES string of the molecule is CC[C@H](C)N1C(=O)[C@@H]2[C@@H](C(=O)Nc3ccc(Oc4ccccc4)cc3)[C@@H]3C=C[C@@]2(O3)[C@H]1C(=O)NC1CCCCC1. The lowest BCUT2D eigenvalue weighted by Gasteiger charge is -2.36. The lowest BCUT2D eigenvalue weighted by atomic mass is 9.74. The fourth-order valence-electron chi connectivity index (χ4n) is 6.86. The summed E-state index contributed by atoms with van der Waals surface area (Å²) in [5.41, 5.74) is -0.540. The highest BCUT2D eigenvalue weighted by molar-refractivity contribution is 6.03. The van der Waals surface area contributed by atoms with Crippen LogP contribution in [0.5, 0.6) is 11.5 Å². The summed E-state index contributed by atoms with van der Waals surface area (Å²) in [7, 11) is 0. The second kappa shape index (κ2) is 10.7. The van der Waals surface area contributed by atoms with Crippen LogP contribution in [0.3, 0.4) is 0 Å². The van der Waals surface area contributed by atoms with Crippen molar-refractivity contribution in [1.82, 2.24) is 10.2 Å². The molecular formula is C32H37N3O5. The van der Waals surface area contributed by atoms with Crippen molar-refractivity contribution in [2.75, 3.05) is 5.32 Å². The molecule has 8 heteroatoms. The summed E-state index contributed by atoms with van der Waals surface area (Å²) < 4.78 is 12.3. The molecule has 40 heavy (non-hydrogen) atoms. The predicted molar refractivity (Wildman–Crippen MR) is 151 cm³/mol. The number of carbonyl (C=O) groups excluding carboxylic acids is 3.